The molecule has 0 aromatic carbocycles. The molecule has 122 valence electrons. The molecule has 0 heterocycles. The van der Waals surface area contributed by atoms with Crippen molar-refractivity contribution in [2.45, 2.75) is 46.5 Å². The third-order valence-electron chi connectivity index (χ3n) is 1.33. The molecule has 0 atom stereocenters. The van der Waals surface area contributed by atoms with Gasteiger partial charge in [-0.2, -0.15) is 0 Å². The first-order chi connectivity index (χ1) is 9.20. The molecule has 0 N–H and O–H groups in total. The molecule has 0 fully saturated rings. The molecular formula is C14H21O6Rh. The molecule has 0 saturated carbocycles. The van der Waals surface area contributed by atoms with E-state index in [1.807, 2.05) is 0 Å². The monoisotopic (exact) mass is 388 g/mol. The molecule has 1 rings (SSSR count). The van der Waals surface area contributed by atoms with E-state index >= 15 is 0 Å². The van der Waals surface area contributed by atoms with Crippen molar-refractivity contribution in [2.24, 2.45) is 0 Å². The summed E-state index contributed by atoms with van der Waals surface area (Å²) in [5.74, 6) is -3.25. The second kappa shape index (κ2) is 23.6. The molecule has 6 nitrogen and oxygen atoms in total. The van der Waals surface area contributed by atoms with Crippen LogP contribution in [0.2, 0.25) is 0 Å². The summed E-state index contributed by atoms with van der Waals surface area (Å²) >= 11 is 0. The maximum atomic E-state index is 8.89. The Morgan fingerprint density at radius 1 is 0.619 bits per heavy atom. The Kier molecular flexibility index (Phi) is 31.2. The van der Waals surface area contributed by atoms with E-state index in [1.165, 1.54) is 25.7 Å². The molecule has 0 amide bonds. The van der Waals surface area contributed by atoms with E-state index in [0.29, 0.717) is 0 Å². The van der Waals surface area contributed by atoms with E-state index in [-0.39, 0.29) is 19.5 Å². The van der Waals surface area contributed by atoms with Crippen molar-refractivity contribution in [3.05, 3.63) is 24.3 Å². The molecule has 1 aliphatic carbocycles. The maximum absolute atomic E-state index is 8.89. The Morgan fingerprint density at radius 2 is 0.714 bits per heavy atom. The van der Waals surface area contributed by atoms with Crippen LogP contribution in [0.3, 0.4) is 0 Å². The SMILES string of the molecule is C1=CCCC=CCC1.CC(=O)[O-].CC(=O)[O-].CC(=O)[O-].[Rh+3]. The van der Waals surface area contributed by atoms with E-state index < -0.39 is 17.9 Å². The van der Waals surface area contributed by atoms with Crippen molar-refractivity contribution < 1.29 is 49.2 Å². The van der Waals surface area contributed by atoms with Crippen LogP contribution in [0.25, 0.3) is 0 Å². The minimum absolute atomic E-state index is 0. The van der Waals surface area contributed by atoms with Gasteiger partial charge >= 0.3 is 19.5 Å². The zero-order valence-corrected chi connectivity index (χ0v) is 14.1. The predicted molar refractivity (Wildman–Crippen MR) is 68.8 cm³/mol. The number of aliphatic carboxylic acids is 3. The molecule has 0 radical (unpaired) electrons. The molecule has 1 aliphatic rings. The summed E-state index contributed by atoms with van der Waals surface area (Å²) in [5.41, 5.74) is 0. The van der Waals surface area contributed by atoms with E-state index in [9.17, 15) is 0 Å². The van der Waals surface area contributed by atoms with Crippen LogP contribution in [0.5, 0.6) is 0 Å². The Hall–Kier alpha value is -1.49. The Balaban J connectivity index is -0.0000000973. The van der Waals surface area contributed by atoms with E-state index in [4.69, 9.17) is 29.7 Å². The van der Waals surface area contributed by atoms with Crippen LogP contribution in [0.4, 0.5) is 0 Å². The summed E-state index contributed by atoms with van der Waals surface area (Å²) in [6.07, 6.45) is 14.0. The van der Waals surface area contributed by atoms with Crippen molar-refractivity contribution >= 4 is 17.9 Å². The number of hydrogen-bond donors (Lipinski definition) is 0. The van der Waals surface area contributed by atoms with Crippen LogP contribution in [0.15, 0.2) is 24.3 Å². The minimum Gasteiger partial charge on any atom is -0.550 e. The molecule has 21 heavy (non-hydrogen) atoms. The Labute approximate surface area is 138 Å². The third kappa shape index (κ3) is 119. The van der Waals surface area contributed by atoms with Gasteiger partial charge in [-0.1, -0.05) is 24.3 Å². The second-order valence-corrected chi connectivity index (χ2v) is 3.57. The number of allylic oxidation sites excluding steroid dienone is 4. The van der Waals surface area contributed by atoms with Gasteiger partial charge in [0.2, 0.25) is 0 Å². The molecule has 0 aromatic heterocycles. The van der Waals surface area contributed by atoms with Gasteiger partial charge in [0.25, 0.3) is 0 Å². The van der Waals surface area contributed by atoms with Gasteiger partial charge in [-0.3, -0.25) is 0 Å². The number of rotatable bonds is 0. The topological polar surface area (TPSA) is 120 Å². The summed E-state index contributed by atoms with van der Waals surface area (Å²) < 4.78 is 0. The first-order valence-corrected chi connectivity index (χ1v) is 6.02. The zero-order chi connectivity index (χ0) is 16.4. The Morgan fingerprint density at radius 3 is 0.810 bits per heavy atom. The van der Waals surface area contributed by atoms with Crippen LogP contribution >= 0.6 is 0 Å². The fraction of sp³-hybridized carbons (Fsp3) is 0.500. The van der Waals surface area contributed by atoms with E-state index in [2.05, 4.69) is 24.3 Å². The molecule has 0 aromatic rings. The zero-order valence-electron chi connectivity index (χ0n) is 12.4. The van der Waals surface area contributed by atoms with Crippen molar-refractivity contribution in [1.82, 2.24) is 0 Å². The van der Waals surface area contributed by atoms with Gasteiger partial charge in [-0.25, -0.2) is 0 Å². The van der Waals surface area contributed by atoms with Crippen molar-refractivity contribution in [3.8, 4) is 0 Å². The molecule has 0 saturated heterocycles. The average molecular weight is 388 g/mol. The van der Waals surface area contributed by atoms with Crippen molar-refractivity contribution in [3.63, 3.8) is 0 Å². The molecule has 0 unspecified atom stereocenters. The van der Waals surface area contributed by atoms with Crippen LogP contribution in [-0.2, 0) is 33.9 Å². The van der Waals surface area contributed by atoms with Crippen molar-refractivity contribution in [1.29, 1.82) is 0 Å². The largest absolute Gasteiger partial charge is 3.00 e. The fourth-order valence-electron chi connectivity index (χ4n) is 0.856. The van der Waals surface area contributed by atoms with E-state index in [0.717, 1.165) is 20.8 Å². The first kappa shape index (κ1) is 27.8. The summed E-state index contributed by atoms with van der Waals surface area (Å²) in [6, 6.07) is 0. The number of carboxylic acid groups (broad SMARTS) is 3. The molecule has 7 heteroatoms. The first-order valence-electron chi connectivity index (χ1n) is 6.02. The van der Waals surface area contributed by atoms with Gasteiger partial charge in [0.15, 0.2) is 0 Å². The smallest absolute Gasteiger partial charge is 0.550 e. The molecule has 0 bridgehead atoms. The minimum atomic E-state index is -1.08. The van der Waals surface area contributed by atoms with Crippen LogP contribution in [-0.4, -0.2) is 17.9 Å². The fourth-order valence-corrected chi connectivity index (χ4v) is 0.856. The second-order valence-electron chi connectivity index (χ2n) is 3.57. The summed E-state index contributed by atoms with van der Waals surface area (Å²) in [6.45, 7) is 2.92. The van der Waals surface area contributed by atoms with Gasteiger partial charge in [-0.05, 0) is 46.5 Å². The van der Waals surface area contributed by atoms with E-state index in [1.54, 1.807) is 0 Å². The van der Waals surface area contributed by atoms with Gasteiger partial charge < -0.3 is 29.7 Å². The summed E-state index contributed by atoms with van der Waals surface area (Å²) in [4.78, 5) is 26.7. The van der Waals surface area contributed by atoms with Gasteiger partial charge in [-0.15, -0.1) is 0 Å². The molecule has 0 spiro atoms. The average Bonchev–Trinajstić information content (AvgIpc) is 2.12. The Bertz CT molecular complexity index is 257. The third-order valence-corrected chi connectivity index (χ3v) is 1.33. The number of carboxylic acids is 3. The molecule has 0 aliphatic heterocycles. The molecular weight excluding hydrogens is 367 g/mol. The van der Waals surface area contributed by atoms with Crippen molar-refractivity contribution in [2.75, 3.05) is 0 Å². The predicted octanol–water partition coefficient (Wildman–Crippen LogP) is -1.06. The van der Waals surface area contributed by atoms with Crippen LogP contribution in [0.1, 0.15) is 46.5 Å². The number of carbonyl (C=O) groups is 3. The quantitative estimate of drug-likeness (QED) is 0.385. The number of hydrogen-bond acceptors (Lipinski definition) is 6. The maximum Gasteiger partial charge on any atom is 3.00 e. The summed E-state index contributed by atoms with van der Waals surface area (Å²) in [7, 11) is 0. The normalized spacial score (nSPS) is 11.2. The summed E-state index contributed by atoms with van der Waals surface area (Å²) in [5, 5.41) is 26.7. The van der Waals surface area contributed by atoms with Crippen LogP contribution < -0.4 is 15.3 Å². The number of carbonyl (C=O) groups excluding carboxylic acids is 3. The van der Waals surface area contributed by atoms with Gasteiger partial charge in [0.05, 0.1) is 0 Å². The van der Waals surface area contributed by atoms with Crippen LogP contribution in [0, 0.1) is 0 Å². The van der Waals surface area contributed by atoms with Gasteiger partial charge in [0.1, 0.15) is 0 Å². The standard InChI is InChI=1S/C8H12.3C2H4O2.Rh/c1-2-4-6-8-7-5-3-1;3*1-2(3)4;/h1-2,7-8H,3-6H2;3*1H3,(H,3,4);/q;;;;+3/p-3. The van der Waals surface area contributed by atoms with Gasteiger partial charge in [0, 0.05) is 17.9 Å².